The van der Waals surface area contributed by atoms with Gasteiger partial charge in [0.05, 0.1) is 0 Å². The number of para-hydroxylation sites is 1. The highest BCUT2D eigenvalue weighted by molar-refractivity contribution is 5.22. The Hall–Kier alpha value is -1.82. The minimum absolute atomic E-state index is 0.0585. The van der Waals surface area contributed by atoms with Gasteiger partial charge >= 0.3 is 0 Å². The molecule has 0 N–H and O–H groups in total. The zero-order valence-electron chi connectivity index (χ0n) is 11.7. The minimum Gasteiger partial charge on any atom is -0.481 e. The third-order valence-electron chi connectivity index (χ3n) is 3.95. The fraction of sp³-hybridized carbons (Fsp3) is 0.412. The van der Waals surface area contributed by atoms with Crippen LogP contribution in [0.1, 0.15) is 20.3 Å². The molecular formula is C17H18F2O. The Morgan fingerprint density at radius 1 is 1.25 bits per heavy atom. The van der Waals surface area contributed by atoms with Crippen LogP contribution >= 0.6 is 0 Å². The Labute approximate surface area is 118 Å². The van der Waals surface area contributed by atoms with Crippen molar-refractivity contribution in [3.8, 4) is 17.6 Å². The van der Waals surface area contributed by atoms with Gasteiger partial charge in [0, 0.05) is 6.42 Å². The molecular weight excluding hydrogens is 258 g/mol. The molecule has 0 aromatic heterocycles. The molecule has 0 unspecified atom stereocenters. The summed E-state index contributed by atoms with van der Waals surface area (Å²) in [5.41, 5.74) is -0.0710. The molecule has 0 spiro atoms. The quantitative estimate of drug-likeness (QED) is 0.735. The van der Waals surface area contributed by atoms with Crippen LogP contribution in [0, 0.1) is 29.1 Å². The lowest BCUT2D eigenvalue weighted by molar-refractivity contribution is 0.370. The number of benzene rings is 1. The summed E-state index contributed by atoms with van der Waals surface area (Å²) in [6.07, 6.45) is 0.109. The molecule has 1 aliphatic carbocycles. The number of hydrogen-bond donors (Lipinski definition) is 0. The van der Waals surface area contributed by atoms with E-state index < -0.39 is 6.08 Å². The fourth-order valence-corrected chi connectivity index (χ4v) is 2.51. The SMILES string of the molecule is CC1(C)[C@H](C=C(F)F)[C@H]1CC#CCOc1ccccc1. The van der Waals surface area contributed by atoms with Crippen LogP contribution < -0.4 is 4.74 Å². The van der Waals surface area contributed by atoms with Gasteiger partial charge in [0.1, 0.15) is 12.4 Å². The maximum atomic E-state index is 12.3. The molecule has 0 heterocycles. The van der Waals surface area contributed by atoms with Crippen molar-refractivity contribution >= 4 is 0 Å². The Bertz CT molecular complexity index is 533. The molecule has 0 aliphatic heterocycles. The maximum Gasteiger partial charge on any atom is 0.266 e. The van der Waals surface area contributed by atoms with Gasteiger partial charge in [0.25, 0.3) is 6.08 Å². The molecule has 1 aliphatic rings. The molecule has 20 heavy (non-hydrogen) atoms. The van der Waals surface area contributed by atoms with E-state index in [1.165, 1.54) is 0 Å². The topological polar surface area (TPSA) is 9.23 Å². The average molecular weight is 276 g/mol. The van der Waals surface area contributed by atoms with E-state index in [9.17, 15) is 8.78 Å². The lowest BCUT2D eigenvalue weighted by Crippen LogP contribution is -1.93. The molecule has 1 nitrogen and oxygen atoms in total. The third-order valence-corrected chi connectivity index (χ3v) is 3.95. The van der Waals surface area contributed by atoms with Gasteiger partial charge in [-0.15, -0.1) is 0 Å². The highest BCUT2D eigenvalue weighted by atomic mass is 19.3. The van der Waals surface area contributed by atoms with E-state index >= 15 is 0 Å². The molecule has 106 valence electrons. The number of ether oxygens (including phenoxy) is 1. The van der Waals surface area contributed by atoms with Crippen LogP contribution in [0.15, 0.2) is 42.5 Å². The first-order valence-electron chi connectivity index (χ1n) is 6.68. The van der Waals surface area contributed by atoms with Crippen molar-refractivity contribution in [2.24, 2.45) is 17.3 Å². The zero-order valence-corrected chi connectivity index (χ0v) is 11.7. The van der Waals surface area contributed by atoms with Crippen LogP contribution in [0.25, 0.3) is 0 Å². The van der Waals surface area contributed by atoms with E-state index in [4.69, 9.17) is 4.74 Å². The fourth-order valence-electron chi connectivity index (χ4n) is 2.51. The molecule has 1 fully saturated rings. The summed E-state index contributed by atoms with van der Waals surface area (Å²) in [5, 5.41) is 0. The smallest absolute Gasteiger partial charge is 0.266 e. The first-order chi connectivity index (χ1) is 9.51. The van der Waals surface area contributed by atoms with Crippen LogP contribution in [0.4, 0.5) is 8.78 Å². The van der Waals surface area contributed by atoms with E-state index in [0.29, 0.717) is 13.0 Å². The van der Waals surface area contributed by atoms with Gasteiger partial charge in [-0.3, -0.25) is 0 Å². The van der Waals surface area contributed by atoms with Crippen LogP contribution in [0.3, 0.4) is 0 Å². The Morgan fingerprint density at radius 3 is 2.60 bits per heavy atom. The molecule has 1 aromatic carbocycles. The van der Waals surface area contributed by atoms with Crippen molar-refractivity contribution < 1.29 is 13.5 Å². The summed E-state index contributed by atoms with van der Waals surface area (Å²) in [7, 11) is 0. The van der Waals surface area contributed by atoms with Crippen LogP contribution in [-0.2, 0) is 0 Å². The lowest BCUT2D eigenvalue weighted by Gasteiger charge is -1.99. The number of hydrogen-bond acceptors (Lipinski definition) is 1. The Balaban J connectivity index is 1.77. The molecule has 0 amide bonds. The Kier molecular flexibility index (Phi) is 4.44. The van der Waals surface area contributed by atoms with Gasteiger partial charge in [0.2, 0.25) is 0 Å². The first-order valence-corrected chi connectivity index (χ1v) is 6.68. The molecule has 0 radical (unpaired) electrons. The highest BCUT2D eigenvalue weighted by Crippen LogP contribution is 2.60. The minimum atomic E-state index is -1.59. The molecule has 1 saturated carbocycles. The van der Waals surface area contributed by atoms with Gasteiger partial charge in [-0.05, 0) is 35.5 Å². The standard InChI is InChI=1S/C17H18F2O/c1-17(2)14(15(17)12-16(18)19)10-6-7-11-20-13-8-4-3-5-9-13/h3-5,8-9,12,14-15H,10-11H2,1-2H3/t14-,15-/m1/s1. The monoisotopic (exact) mass is 276 g/mol. The second-order valence-corrected chi connectivity index (χ2v) is 5.57. The van der Waals surface area contributed by atoms with Crippen molar-refractivity contribution in [2.75, 3.05) is 6.61 Å². The lowest BCUT2D eigenvalue weighted by atomic mass is 10.1. The average Bonchev–Trinajstić information content (AvgIpc) is 2.90. The maximum absolute atomic E-state index is 12.3. The zero-order chi connectivity index (χ0) is 14.6. The van der Waals surface area contributed by atoms with Gasteiger partial charge in [-0.1, -0.05) is 43.9 Å². The predicted molar refractivity (Wildman–Crippen MR) is 75.4 cm³/mol. The van der Waals surface area contributed by atoms with Crippen molar-refractivity contribution in [1.29, 1.82) is 0 Å². The van der Waals surface area contributed by atoms with Gasteiger partial charge < -0.3 is 4.74 Å². The van der Waals surface area contributed by atoms with E-state index in [2.05, 4.69) is 11.8 Å². The summed E-state index contributed by atoms with van der Waals surface area (Å²) in [6, 6.07) is 9.47. The number of halogens is 2. The van der Waals surface area contributed by atoms with Crippen molar-refractivity contribution in [3.63, 3.8) is 0 Å². The summed E-state index contributed by atoms with van der Waals surface area (Å²) in [6.45, 7) is 4.34. The van der Waals surface area contributed by atoms with Crippen LogP contribution in [-0.4, -0.2) is 6.61 Å². The van der Waals surface area contributed by atoms with E-state index in [0.717, 1.165) is 11.8 Å². The van der Waals surface area contributed by atoms with E-state index in [1.54, 1.807) is 0 Å². The molecule has 2 atom stereocenters. The second-order valence-electron chi connectivity index (χ2n) is 5.57. The first kappa shape index (κ1) is 14.6. The van der Waals surface area contributed by atoms with Gasteiger partial charge in [0.15, 0.2) is 0 Å². The summed E-state index contributed by atoms with van der Waals surface area (Å²) in [4.78, 5) is 0. The molecule has 2 rings (SSSR count). The normalized spacial score (nSPS) is 22.4. The van der Waals surface area contributed by atoms with Crippen molar-refractivity contribution in [2.45, 2.75) is 20.3 Å². The highest BCUT2D eigenvalue weighted by Gasteiger charge is 2.55. The van der Waals surface area contributed by atoms with Crippen molar-refractivity contribution in [1.82, 2.24) is 0 Å². The summed E-state index contributed by atoms with van der Waals surface area (Å²) in [5.74, 6) is 6.91. The second kappa shape index (κ2) is 6.09. The van der Waals surface area contributed by atoms with Gasteiger partial charge in [-0.2, -0.15) is 8.78 Å². The molecule has 3 heteroatoms. The molecule has 0 bridgehead atoms. The van der Waals surface area contributed by atoms with Crippen molar-refractivity contribution in [3.05, 3.63) is 42.5 Å². The molecule has 0 saturated heterocycles. The Morgan fingerprint density at radius 2 is 1.95 bits per heavy atom. The van der Waals surface area contributed by atoms with Gasteiger partial charge in [-0.25, -0.2) is 0 Å². The largest absolute Gasteiger partial charge is 0.481 e. The predicted octanol–water partition coefficient (Wildman–Crippen LogP) is 4.51. The number of rotatable bonds is 4. The molecule has 1 aromatic rings. The summed E-state index contributed by atoms with van der Waals surface area (Å²) >= 11 is 0. The van der Waals surface area contributed by atoms with E-state index in [1.807, 2.05) is 44.2 Å². The number of allylic oxidation sites excluding steroid dienone is 1. The third kappa shape index (κ3) is 3.60. The van der Waals surface area contributed by atoms with Crippen LogP contribution in [0.5, 0.6) is 5.75 Å². The van der Waals surface area contributed by atoms with E-state index in [-0.39, 0.29) is 17.3 Å². The van der Waals surface area contributed by atoms with Crippen LogP contribution in [0.2, 0.25) is 0 Å². The summed E-state index contributed by atoms with van der Waals surface area (Å²) < 4.78 is 30.0.